The molecule has 2 aromatic rings. The summed E-state index contributed by atoms with van der Waals surface area (Å²) in [5.74, 6) is -0.437. The number of rotatable bonds is 8. The lowest BCUT2D eigenvalue weighted by Crippen LogP contribution is -2.48. The molecule has 1 amide bonds. The Kier molecular flexibility index (Phi) is 8.03. The maximum Gasteiger partial charge on any atom is 0.437 e. The zero-order chi connectivity index (χ0) is 24.6. The van der Waals surface area contributed by atoms with Crippen molar-refractivity contribution in [1.29, 1.82) is 0 Å². The van der Waals surface area contributed by atoms with E-state index in [4.69, 9.17) is 21.0 Å². The van der Waals surface area contributed by atoms with E-state index < -0.39 is 17.9 Å². The molecule has 11 nitrogen and oxygen atoms in total. The molecule has 0 saturated carbocycles. The molecule has 0 atom stereocenters. The zero-order valence-electron chi connectivity index (χ0n) is 19.4. The summed E-state index contributed by atoms with van der Waals surface area (Å²) in [4.78, 5) is 33.2. The lowest BCUT2D eigenvalue weighted by atomic mass is 10.1. The molecule has 3 heterocycles. The van der Waals surface area contributed by atoms with Gasteiger partial charge in [-0.1, -0.05) is 29.8 Å². The van der Waals surface area contributed by atoms with Gasteiger partial charge >= 0.3 is 6.09 Å². The Morgan fingerprint density at radius 1 is 1.11 bits per heavy atom. The van der Waals surface area contributed by atoms with Gasteiger partial charge in [0.15, 0.2) is 5.96 Å². The first-order valence-electron chi connectivity index (χ1n) is 11.5. The van der Waals surface area contributed by atoms with Crippen LogP contribution in [0.25, 0.3) is 11.1 Å². The number of oxime groups is 1. The average Bonchev–Trinajstić information content (AvgIpc) is 2.83. The summed E-state index contributed by atoms with van der Waals surface area (Å²) in [6.07, 6.45) is 5.96. The van der Waals surface area contributed by atoms with E-state index in [-0.39, 0.29) is 12.2 Å². The molecule has 0 spiro atoms. The highest BCUT2D eigenvalue weighted by Crippen LogP contribution is 2.26. The van der Waals surface area contributed by atoms with Crippen molar-refractivity contribution in [2.24, 2.45) is 21.6 Å². The number of aromatic nitrogens is 2. The molecule has 1 aromatic heterocycles. The van der Waals surface area contributed by atoms with Gasteiger partial charge in [-0.05, 0) is 25.9 Å². The van der Waals surface area contributed by atoms with Gasteiger partial charge in [-0.15, -0.1) is 4.99 Å². The van der Waals surface area contributed by atoms with Gasteiger partial charge in [0, 0.05) is 35.6 Å². The predicted octanol–water partition coefficient (Wildman–Crippen LogP) is 1.87. The molecule has 0 bridgehead atoms. The molecule has 2 aliphatic heterocycles. The Labute approximate surface area is 202 Å². The highest BCUT2D eigenvalue weighted by molar-refractivity contribution is 5.98. The smallest absolute Gasteiger partial charge is 0.437 e. The maximum atomic E-state index is 15.0. The molecule has 12 heteroatoms. The molecular formula is C23H29FN8O3. The van der Waals surface area contributed by atoms with Crippen molar-refractivity contribution in [2.45, 2.75) is 25.9 Å². The number of anilines is 1. The number of benzene rings is 1. The third-order valence-corrected chi connectivity index (χ3v) is 5.77. The lowest BCUT2D eigenvalue weighted by Gasteiger charge is -2.32. The van der Waals surface area contributed by atoms with Gasteiger partial charge in [0.2, 0.25) is 5.95 Å². The monoisotopic (exact) mass is 484 g/mol. The number of guanidine groups is 1. The Bertz CT molecular complexity index is 1070. The second kappa shape index (κ2) is 11.6. The summed E-state index contributed by atoms with van der Waals surface area (Å²) in [6.45, 7) is 4.64. The van der Waals surface area contributed by atoms with E-state index >= 15 is 0 Å². The number of aliphatic imine (C=N–C) groups is 1. The molecular weight excluding hydrogens is 455 g/mol. The number of nitrogens with zero attached hydrogens (tertiary/aromatic N) is 6. The fraction of sp³-hybridized carbons (Fsp3) is 0.435. The number of carbonyl (C=O) groups excluding carboxylic acids is 1. The van der Waals surface area contributed by atoms with Crippen LogP contribution in [0.15, 0.2) is 40.7 Å². The summed E-state index contributed by atoms with van der Waals surface area (Å²) in [5, 5.41) is 4.21. The SMILES string of the molecule is NC(N)=NC(=O)OCc1cccc(-c2cnc(N3CC(=NOCCN4CCCCC4)C3)nc2)c1F. The fourth-order valence-corrected chi connectivity index (χ4v) is 3.90. The van der Waals surface area contributed by atoms with E-state index in [2.05, 4.69) is 25.0 Å². The summed E-state index contributed by atoms with van der Waals surface area (Å²) in [5.41, 5.74) is 12.1. The minimum atomic E-state index is -0.993. The lowest BCUT2D eigenvalue weighted by molar-refractivity contribution is 0.101. The largest absolute Gasteiger partial charge is 0.443 e. The second-order valence-corrected chi connectivity index (χ2v) is 8.39. The van der Waals surface area contributed by atoms with Crippen LogP contribution in [0.2, 0.25) is 0 Å². The summed E-state index contributed by atoms with van der Waals surface area (Å²) in [7, 11) is 0. The first kappa shape index (κ1) is 24.3. The molecule has 35 heavy (non-hydrogen) atoms. The summed E-state index contributed by atoms with van der Waals surface area (Å²) < 4.78 is 19.8. The number of halogens is 1. The van der Waals surface area contributed by atoms with E-state index in [1.165, 1.54) is 25.3 Å². The number of hydrogen-bond donors (Lipinski definition) is 2. The molecule has 1 aromatic carbocycles. The van der Waals surface area contributed by atoms with Crippen LogP contribution in [0.4, 0.5) is 15.1 Å². The van der Waals surface area contributed by atoms with E-state index in [0.29, 0.717) is 36.8 Å². The summed E-state index contributed by atoms with van der Waals surface area (Å²) in [6, 6.07) is 4.76. The maximum absolute atomic E-state index is 15.0. The van der Waals surface area contributed by atoms with Crippen LogP contribution in [-0.2, 0) is 16.2 Å². The minimum Gasteiger partial charge on any atom is -0.443 e. The van der Waals surface area contributed by atoms with Crippen molar-refractivity contribution in [2.75, 3.05) is 44.2 Å². The third-order valence-electron chi connectivity index (χ3n) is 5.77. The van der Waals surface area contributed by atoms with Crippen molar-refractivity contribution in [3.63, 3.8) is 0 Å². The number of piperidine rings is 1. The van der Waals surface area contributed by atoms with Crippen LogP contribution in [0.1, 0.15) is 24.8 Å². The Hall–Kier alpha value is -3.80. The molecule has 0 radical (unpaired) electrons. The number of ether oxygens (including phenoxy) is 1. The normalized spacial score (nSPS) is 15.8. The van der Waals surface area contributed by atoms with E-state index in [9.17, 15) is 9.18 Å². The molecule has 4 N–H and O–H groups in total. The first-order valence-corrected chi connectivity index (χ1v) is 11.5. The van der Waals surface area contributed by atoms with Gasteiger partial charge < -0.3 is 25.9 Å². The van der Waals surface area contributed by atoms with Crippen LogP contribution >= 0.6 is 0 Å². The standard InChI is InChI=1S/C23H29FN8O3/c24-20-16(15-34-23(33)29-21(25)26)5-4-6-19(20)17-11-27-22(28-12-17)32-13-18(14-32)30-35-10-9-31-7-2-1-3-8-31/h4-6,11-12H,1-3,7-10,13-15H2,(H4,25,26,29,33). The van der Waals surface area contributed by atoms with Crippen LogP contribution in [-0.4, -0.2) is 72.0 Å². The molecule has 0 unspecified atom stereocenters. The number of nitrogens with two attached hydrogens (primary N) is 2. The highest BCUT2D eigenvalue weighted by Gasteiger charge is 2.25. The number of carbonyl (C=O) groups is 1. The van der Waals surface area contributed by atoms with Gasteiger partial charge in [0.1, 0.15) is 19.0 Å². The Morgan fingerprint density at radius 2 is 1.86 bits per heavy atom. The highest BCUT2D eigenvalue weighted by atomic mass is 19.1. The molecule has 0 aliphatic carbocycles. The van der Waals surface area contributed by atoms with Crippen molar-refractivity contribution >= 4 is 23.7 Å². The number of hydrogen-bond acceptors (Lipinski definition) is 8. The molecule has 2 aliphatic rings. The molecule has 4 rings (SSSR count). The predicted molar refractivity (Wildman–Crippen MR) is 129 cm³/mol. The van der Waals surface area contributed by atoms with Crippen LogP contribution in [0, 0.1) is 5.82 Å². The van der Waals surface area contributed by atoms with Gasteiger partial charge in [-0.25, -0.2) is 19.2 Å². The van der Waals surface area contributed by atoms with E-state index in [1.807, 2.05) is 4.90 Å². The van der Waals surface area contributed by atoms with Crippen molar-refractivity contribution < 1.29 is 18.8 Å². The number of likely N-dealkylation sites (tertiary alicyclic amines) is 1. The summed E-state index contributed by atoms with van der Waals surface area (Å²) >= 11 is 0. The Morgan fingerprint density at radius 3 is 2.57 bits per heavy atom. The average molecular weight is 485 g/mol. The van der Waals surface area contributed by atoms with Gasteiger partial charge in [0.05, 0.1) is 18.8 Å². The van der Waals surface area contributed by atoms with Crippen LogP contribution in [0.5, 0.6) is 0 Å². The van der Waals surface area contributed by atoms with Crippen molar-refractivity contribution in [1.82, 2.24) is 14.9 Å². The van der Waals surface area contributed by atoms with Gasteiger partial charge in [-0.3, -0.25) is 4.90 Å². The fourth-order valence-electron chi connectivity index (χ4n) is 3.90. The zero-order valence-corrected chi connectivity index (χ0v) is 19.4. The van der Waals surface area contributed by atoms with E-state index in [1.54, 1.807) is 24.5 Å². The quantitative estimate of drug-likeness (QED) is 0.248. The van der Waals surface area contributed by atoms with Gasteiger partial charge in [0.25, 0.3) is 0 Å². The third kappa shape index (κ3) is 6.63. The molecule has 186 valence electrons. The van der Waals surface area contributed by atoms with Crippen LogP contribution < -0.4 is 16.4 Å². The topological polar surface area (TPSA) is 145 Å². The molecule has 2 saturated heterocycles. The van der Waals surface area contributed by atoms with E-state index in [0.717, 1.165) is 25.3 Å². The Balaban J connectivity index is 1.28. The first-order chi connectivity index (χ1) is 17.0. The number of amides is 1. The van der Waals surface area contributed by atoms with Crippen LogP contribution in [0.3, 0.4) is 0 Å². The second-order valence-electron chi connectivity index (χ2n) is 8.39. The minimum absolute atomic E-state index is 0.176. The van der Waals surface area contributed by atoms with Crippen molar-refractivity contribution in [3.05, 3.63) is 42.0 Å². The van der Waals surface area contributed by atoms with Gasteiger partial charge in [-0.2, -0.15) is 0 Å². The van der Waals surface area contributed by atoms with Crippen molar-refractivity contribution in [3.8, 4) is 11.1 Å². The molecule has 2 fully saturated rings.